The van der Waals surface area contributed by atoms with Crippen molar-refractivity contribution in [2.75, 3.05) is 6.54 Å². The van der Waals surface area contributed by atoms with E-state index in [-0.39, 0.29) is 11.3 Å². The number of hydrogen-bond acceptors (Lipinski definition) is 3. The predicted molar refractivity (Wildman–Crippen MR) is 78.2 cm³/mol. The Balaban J connectivity index is 1.90. The standard InChI is InChI=1S/C14H11Cl2NO4/c15-10-2-1-8(11(16)6-10)3-4-17-13(18)12-5-9(7-21-12)14(19)20/h1-2,5-7H,3-4H2,(H,17,18)(H,19,20). The number of hydrogen-bond donors (Lipinski definition) is 2. The Bertz CT molecular complexity index is 681. The van der Waals surface area contributed by atoms with E-state index in [9.17, 15) is 9.59 Å². The summed E-state index contributed by atoms with van der Waals surface area (Å²) < 4.78 is 4.89. The van der Waals surface area contributed by atoms with Crippen LogP contribution in [0.4, 0.5) is 0 Å². The molecule has 0 spiro atoms. The molecule has 0 bridgehead atoms. The number of aromatic carboxylic acids is 1. The number of carboxylic acid groups (broad SMARTS) is 1. The number of carbonyl (C=O) groups excluding carboxylic acids is 1. The molecule has 0 radical (unpaired) electrons. The summed E-state index contributed by atoms with van der Waals surface area (Å²) in [7, 11) is 0. The molecule has 0 atom stereocenters. The first-order valence-corrected chi connectivity index (χ1v) is 6.77. The predicted octanol–water partition coefficient (Wildman–Crippen LogP) is 3.26. The van der Waals surface area contributed by atoms with E-state index in [0.29, 0.717) is 23.0 Å². The van der Waals surface area contributed by atoms with Gasteiger partial charge in [-0.1, -0.05) is 29.3 Å². The summed E-state index contributed by atoms with van der Waals surface area (Å²) >= 11 is 11.8. The fraction of sp³-hybridized carbons (Fsp3) is 0.143. The Morgan fingerprint density at radius 2 is 2.00 bits per heavy atom. The second kappa shape index (κ2) is 6.65. The van der Waals surface area contributed by atoms with Crippen molar-refractivity contribution in [2.45, 2.75) is 6.42 Å². The minimum Gasteiger partial charge on any atom is -0.478 e. The van der Waals surface area contributed by atoms with Gasteiger partial charge in [0.15, 0.2) is 5.76 Å². The second-order valence-corrected chi connectivity index (χ2v) is 5.09. The lowest BCUT2D eigenvalue weighted by atomic mass is 10.1. The van der Waals surface area contributed by atoms with Crippen LogP contribution in [0.25, 0.3) is 0 Å². The second-order valence-electron chi connectivity index (χ2n) is 4.25. The molecular formula is C14H11Cl2NO4. The van der Waals surface area contributed by atoms with Crippen LogP contribution in [-0.4, -0.2) is 23.5 Å². The van der Waals surface area contributed by atoms with Gasteiger partial charge in [-0.25, -0.2) is 4.79 Å². The van der Waals surface area contributed by atoms with Crippen LogP contribution in [0.15, 0.2) is 34.9 Å². The first-order valence-electron chi connectivity index (χ1n) is 6.01. The van der Waals surface area contributed by atoms with Gasteiger partial charge in [0.25, 0.3) is 5.91 Å². The number of furan rings is 1. The van der Waals surface area contributed by atoms with E-state index in [0.717, 1.165) is 11.8 Å². The summed E-state index contributed by atoms with van der Waals surface area (Å²) in [6, 6.07) is 6.31. The highest BCUT2D eigenvalue weighted by atomic mass is 35.5. The highest BCUT2D eigenvalue weighted by Gasteiger charge is 2.14. The van der Waals surface area contributed by atoms with Gasteiger partial charge < -0.3 is 14.8 Å². The number of rotatable bonds is 5. The normalized spacial score (nSPS) is 10.4. The zero-order chi connectivity index (χ0) is 15.4. The topological polar surface area (TPSA) is 79.5 Å². The van der Waals surface area contributed by atoms with E-state index in [1.807, 2.05) is 0 Å². The summed E-state index contributed by atoms with van der Waals surface area (Å²) in [6.45, 7) is 0.337. The summed E-state index contributed by atoms with van der Waals surface area (Å²) in [5.74, 6) is -1.67. The lowest BCUT2D eigenvalue weighted by Crippen LogP contribution is -2.25. The largest absolute Gasteiger partial charge is 0.478 e. The highest BCUT2D eigenvalue weighted by molar-refractivity contribution is 6.35. The fourth-order valence-corrected chi connectivity index (χ4v) is 2.19. The molecule has 2 aromatic rings. The van der Waals surface area contributed by atoms with E-state index in [1.54, 1.807) is 18.2 Å². The molecule has 0 saturated carbocycles. The van der Waals surface area contributed by atoms with Crippen molar-refractivity contribution in [2.24, 2.45) is 0 Å². The van der Waals surface area contributed by atoms with Crippen molar-refractivity contribution < 1.29 is 19.1 Å². The van der Waals surface area contributed by atoms with E-state index in [4.69, 9.17) is 32.7 Å². The molecule has 0 aliphatic carbocycles. The number of halogens is 2. The maximum Gasteiger partial charge on any atom is 0.338 e. The molecule has 0 fully saturated rings. The maximum absolute atomic E-state index is 11.8. The molecule has 2 N–H and O–H groups in total. The summed E-state index contributed by atoms with van der Waals surface area (Å²) in [4.78, 5) is 22.4. The Morgan fingerprint density at radius 3 is 2.62 bits per heavy atom. The van der Waals surface area contributed by atoms with E-state index in [2.05, 4.69) is 5.32 Å². The fourth-order valence-electron chi connectivity index (χ4n) is 1.69. The molecule has 1 heterocycles. The van der Waals surface area contributed by atoms with Crippen LogP contribution in [0.5, 0.6) is 0 Å². The van der Waals surface area contributed by atoms with Crippen molar-refractivity contribution in [1.82, 2.24) is 5.32 Å². The van der Waals surface area contributed by atoms with Crippen LogP contribution < -0.4 is 5.32 Å². The van der Waals surface area contributed by atoms with Crippen LogP contribution in [0.2, 0.25) is 10.0 Å². The van der Waals surface area contributed by atoms with Gasteiger partial charge in [0.1, 0.15) is 6.26 Å². The Hall–Kier alpha value is -1.98. The molecular weight excluding hydrogens is 317 g/mol. The average molecular weight is 328 g/mol. The molecule has 0 aliphatic heterocycles. The Morgan fingerprint density at radius 1 is 1.24 bits per heavy atom. The van der Waals surface area contributed by atoms with Crippen LogP contribution in [-0.2, 0) is 6.42 Å². The molecule has 0 saturated heterocycles. The van der Waals surface area contributed by atoms with Gasteiger partial charge in [-0.3, -0.25) is 4.79 Å². The Kier molecular flexibility index (Phi) is 4.88. The monoisotopic (exact) mass is 327 g/mol. The van der Waals surface area contributed by atoms with E-state index in [1.165, 1.54) is 6.07 Å². The van der Waals surface area contributed by atoms with Crippen LogP contribution >= 0.6 is 23.2 Å². The first-order chi connectivity index (χ1) is 9.97. The Labute approximate surface area is 130 Å². The van der Waals surface area contributed by atoms with Crippen LogP contribution in [0, 0.1) is 0 Å². The molecule has 7 heteroatoms. The van der Waals surface area contributed by atoms with Crippen molar-refractivity contribution in [3.05, 3.63) is 57.5 Å². The number of carboxylic acids is 1. The summed E-state index contributed by atoms with van der Waals surface area (Å²) in [5.41, 5.74) is 0.785. The van der Waals surface area contributed by atoms with E-state index >= 15 is 0 Å². The van der Waals surface area contributed by atoms with Gasteiger partial charge in [-0.15, -0.1) is 0 Å². The molecule has 1 amide bonds. The maximum atomic E-state index is 11.8. The summed E-state index contributed by atoms with van der Waals surface area (Å²) in [5, 5.41) is 12.4. The van der Waals surface area contributed by atoms with Gasteiger partial charge in [0.05, 0.1) is 5.56 Å². The zero-order valence-corrected chi connectivity index (χ0v) is 12.2. The van der Waals surface area contributed by atoms with E-state index < -0.39 is 11.9 Å². The van der Waals surface area contributed by atoms with Crippen LogP contribution in [0.1, 0.15) is 26.5 Å². The molecule has 2 rings (SSSR count). The smallest absolute Gasteiger partial charge is 0.338 e. The van der Waals surface area contributed by atoms with Gasteiger partial charge >= 0.3 is 5.97 Å². The molecule has 21 heavy (non-hydrogen) atoms. The van der Waals surface area contributed by atoms with Gasteiger partial charge in [-0.2, -0.15) is 0 Å². The molecule has 110 valence electrons. The van der Waals surface area contributed by atoms with Gasteiger partial charge in [-0.05, 0) is 24.1 Å². The minimum absolute atomic E-state index is 0.0467. The lowest BCUT2D eigenvalue weighted by molar-refractivity contribution is 0.0696. The molecule has 5 nitrogen and oxygen atoms in total. The third kappa shape index (κ3) is 4.00. The molecule has 0 unspecified atom stereocenters. The third-order valence-electron chi connectivity index (χ3n) is 2.77. The number of nitrogens with one attached hydrogen (secondary N) is 1. The number of amides is 1. The van der Waals surface area contributed by atoms with Crippen molar-refractivity contribution in [3.8, 4) is 0 Å². The highest BCUT2D eigenvalue weighted by Crippen LogP contribution is 2.21. The van der Waals surface area contributed by atoms with Crippen LogP contribution in [0.3, 0.4) is 0 Å². The average Bonchev–Trinajstić information content (AvgIpc) is 2.91. The first kappa shape index (κ1) is 15.4. The minimum atomic E-state index is -1.15. The zero-order valence-electron chi connectivity index (χ0n) is 10.7. The molecule has 1 aromatic heterocycles. The molecule has 1 aromatic carbocycles. The molecule has 0 aliphatic rings. The number of carbonyl (C=O) groups is 2. The summed E-state index contributed by atoms with van der Waals surface area (Å²) in [6.07, 6.45) is 1.54. The lowest BCUT2D eigenvalue weighted by Gasteiger charge is -2.05. The van der Waals surface area contributed by atoms with Gasteiger partial charge in [0.2, 0.25) is 0 Å². The third-order valence-corrected chi connectivity index (χ3v) is 3.35. The SMILES string of the molecule is O=C(O)c1coc(C(=O)NCCc2ccc(Cl)cc2Cl)c1. The van der Waals surface area contributed by atoms with Crippen molar-refractivity contribution in [1.29, 1.82) is 0 Å². The van der Waals surface area contributed by atoms with Crippen molar-refractivity contribution >= 4 is 35.1 Å². The quantitative estimate of drug-likeness (QED) is 0.883. The van der Waals surface area contributed by atoms with Crippen molar-refractivity contribution in [3.63, 3.8) is 0 Å². The number of benzene rings is 1. The van der Waals surface area contributed by atoms with Gasteiger partial charge in [0, 0.05) is 22.7 Å².